The van der Waals surface area contributed by atoms with E-state index in [1.165, 1.54) is 6.07 Å². The monoisotopic (exact) mass is 350 g/mol. The highest BCUT2D eigenvalue weighted by molar-refractivity contribution is 6.31. The molecule has 4 nitrogen and oxygen atoms in total. The Kier molecular flexibility index (Phi) is 4.82. The summed E-state index contributed by atoms with van der Waals surface area (Å²) in [5.74, 6) is -0.985. The second kappa shape index (κ2) is 7.20. The van der Waals surface area contributed by atoms with Crippen LogP contribution in [0.4, 0.5) is 5.69 Å². The van der Waals surface area contributed by atoms with Gasteiger partial charge in [0.2, 0.25) is 0 Å². The highest BCUT2D eigenvalue weighted by atomic mass is 35.5. The first-order valence-corrected chi connectivity index (χ1v) is 7.98. The molecule has 0 spiro atoms. The number of rotatable bonds is 4. The molecule has 0 aliphatic carbocycles. The molecule has 0 saturated heterocycles. The van der Waals surface area contributed by atoms with Crippen LogP contribution in [0.25, 0.3) is 11.1 Å². The summed E-state index contributed by atoms with van der Waals surface area (Å²) in [7, 11) is 0. The van der Waals surface area contributed by atoms with Crippen LogP contribution in [0.15, 0.2) is 72.8 Å². The van der Waals surface area contributed by atoms with Crippen LogP contribution in [0.3, 0.4) is 0 Å². The van der Waals surface area contributed by atoms with Crippen molar-refractivity contribution in [3.8, 4) is 11.1 Å². The van der Waals surface area contributed by atoms with Crippen molar-refractivity contribution in [2.45, 2.75) is 0 Å². The second-order valence-corrected chi connectivity index (χ2v) is 5.89. The molecule has 3 aromatic carbocycles. The topological polar surface area (TPSA) is 72.2 Å². The molecular formula is C20H15ClN2O2. The number of benzene rings is 3. The summed E-state index contributed by atoms with van der Waals surface area (Å²) in [6.07, 6.45) is 0. The fraction of sp³-hybridized carbons (Fsp3) is 0. The molecule has 0 aromatic heterocycles. The molecule has 0 unspecified atom stereocenters. The highest BCUT2D eigenvalue weighted by Gasteiger charge is 2.13. The maximum atomic E-state index is 12.4. The van der Waals surface area contributed by atoms with Crippen LogP contribution in [0, 0.1) is 0 Å². The Labute approximate surface area is 150 Å². The quantitative estimate of drug-likeness (QED) is 0.733. The summed E-state index contributed by atoms with van der Waals surface area (Å²) in [5, 5.41) is 3.07. The summed E-state index contributed by atoms with van der Waals surface area (Å²) in [6.45, 7) is 0. The van der Waals surface area contributed by atoms with Crippen molar-refractivity contribution < 1.29 is 9.59 Å². The number of nitrogens with one attached hydrogen (secondary N) is 1. The van der Waals surface area contributed by atoms with Gasteiger partial charge in [-0.25, -0.2) is 0 Å². The molecule has 0 atom stereocenters. The van der Waals surface area contributed by atoms with Gasteiger partial charge in [-0.05, 0) is 41.5 Å². The lowest BCUT2D eigenvalue weighted by Crippen LogP contribution is -2.18. The average molecular weight is 351 g/mol. The number of hydrogen-bond donors (Lipinski definition) is 2. The number of carbonyl (C=O) groups is 2. The van der Waals surface area contributed by atoms with Gasteiger partial charge in [-0.3, -0.25) is 9.59 Å². The van der Waals surface area contributed by atoms with E-state index in [0.29, 0.717) is 16.3 Å². The fourth-order valence-corrected chi connectivity index (χ4v) is 2.64. The van der Waals surface area contributed by atoms with Crippen molar-refractivity contribution in [1.29, 1.82) is 0 Å². The molecule has 0 radical (unpaired) electrons. The van der Waals surface area contributed by atoms with Crippen LogP contribution >= 0.6 is 11.6 Å². The normalized spacial score (nSPS) is 10.3. The van der Waals surface area contributed by atoms with Crippen molar-refractivity contribution in [2.75, 3.05) is 5.32 Å². The van der Waals surface area contributed by atoms with Gasteiger partial charge in [0.25, 0.3) is 11.8 Å². The molecule has 0 saturated carbocycles. The Bertz CT molecular complexity index is 922. The van der Waals surface area contributed by atoms with Gasteiger partial charge in [0.05, 0.1) is 11.3 Å². The maximum absolute atomic E-state index is 12.4. The maximum Gasteiger partial charge on any atom is 0.255 e. The largest absolute Gasteiger partial charge is 0.366 e. The molecule has 5 heteroatoms. The summed E-state index contributed by atoms with van der Waals surface area (Å²) in [6, 6.07) is 21.7. The predicted molar refractivity (Wildman–Crippen MR) is 99.8 cm³/mol. The van der Waals surface area contributed by atoms with E-state index >= 15 is 0 Å². The van der Waals surface area contributed by atoms with Crippen LogP contribution in [0.2, 0.25) is 5.02 Å². The molecule has 0 fully saturated rings. The zero-order valence-corrected chi connectivity index (χ0v) is 14.0. The van der Waals surface area contributed by atoms with E-state index < -0.39 is 5.91 Å². The molecule has 0 heterocycles. The zero-order chi connectivity index (χ0) is 17.8. The van der Waals surface area contributed by atoms with Crippen molar-refractivity contribution in [2.24, 2.45) is 5.73 Å². The SMILES string of the molecule is NC(=O)c1cc(Cl)ccc1NC(=O)c1ccc(-c2ccccc2)cc1. The Balaban J connectivity index is 1.82. The lowest BCUT2D eigenvalue weighted by molar-refractivity contribution is 0.100. The summed E-state index contributed by atoms with van der Waals surface area (Å²) < 4.78 is 0. The molecular weight excluding hydrogens is 336 g/mol. The van der Waals surface area contributed by atoms with E-state index in [0.717, 1.165) is 11.1 Å². The van der Waals surface area contributed by atoms with Crippen LogP contribution in [-0.2, 0) is 0 Å². The first-order chi connectivity index (χ1) is 12.0. The van der Waals surface area contributed by atoms with Gasteiger partial charge in [0, 0.05) is 10.6 Å². The van der Waals surface area contributed by atoms with E-state index in [-0.39, 0.29) is 11.5 Å². The number of carbonyl (C=O) groups excluding carboxylic acids is 2. The van der Waals surface area contributed by atoms with E-state index in [1.54, 1.807) is 24.3 Å². The van der Waals surface area contributed by atoms with Gasteiger partial charge in [-0.1, -0.05) is 54.1 Å². The third kappa shape index (κ3) is 3.87. The molecule has 0 aliphatic heterocycles. The number of hydrogen-bond acceptors (Lipinski definition) is 2. The molecule has 0 bridgehead atoms. The van der Waals surface area contributed by atoms with Gasteiger partial charge in [0.15, 0.2) is 0 Å². The van der Waals surface area contributed by atoms with E-state index in [9.17, 15) is 9.59 Å². The van der Waals surface area contributed by atoms with Crippen molar-refractivity contribution in [1.82, 2.24) is 0 Å². The summed E-state index contributed by atoms with van der Waals surface area (Å²) in [4.78, 5) is 23.9. The molecule has 3 N–H and O–H groups in total. The zero-order valence-electron chi connectivity index (χ0n) is 13.2. The number of halogens is 1. The van der Waals surface area contributed by atoms with Gasteiger partial charge < -0.3 is 11.1 Å². The summed E-state index contributed by atoms with van der Waals surface area (Å²) in [5.41, 5.74) is 8.39. The van der Waals surface area contributed by atoms with Gasteiger partial charge in [-0.2, -0.15) is 0 Å². The number of anilines is 1. The lowest BCUT2D eigenvalue weighted by Gasteiger charge is -2.10. The minimum Gasteiger partial charge on any atom is -0.366 e. The van der Waals surface area contributed by atoms with Crippen LogP contribution in [0.5, 0.6) is 0 Å². The smallest absolute Gasteiger partial charge is 0.255 e. The lowest BCUT2D eigenvalue weighted by atomic mass is 10.0. The fourth-order valence-electron chi connectivity index (χ4n) is 2.47. The minimum atomic E-state index is -0.655. The Morgan fingerprint density at radius 2 is 1.48 bits per heavy atom. The van der Waals surface area contributed by atoms with Crippen molar-refractivity contribution in [3.05, 3.63) is 88.9 Å². The first kappa shape index (κ1) is 16.7. The third-order valence-electron chi connectivity index (χ3n) is 3.75. The number of primary amides is 1. The van der Waals surface area contributed by atoms with Crippen LogP contribution < -0.4 is 11.1 Å². The molecule has 3 aromatic rings. The highest BCUT2D eigenvalue weighted by Crippen LogP contribution is 2.22. The van der Waals surface area contributed by atoms with Crippen molar-refractivity contribution in [3.63, 3.8) is 0 Å². The first-order valence-electron chi connectivity index (χ1n) is 7.61. The van der Waals surface area contributed by atoms with Crippen LogP contribution in [0.1, 0.15) is 20.7 Å². The third-order valence-corrected chi connectivity index (χ3v) is 3.98. The minimum absolute atomic E-state index is 0.168. The number of nitrogens with two attached hydrogens (primary N) is 1. The molecule has 2 amide bonds. The Morgan fingerprint density at radius 3 is 2.12 bits per heavy atom. The standard InChI is InChI=1S/C20H15ClN2O2/c21-16-10-11-18(17(12-16)19(22)24)23-20(25)15-8-6-14(7-9-15)13-4-2-1-3-5-13/h1-12H,(H2,22,24)(H,23,25). The summed E-state index contributed by atoms with van der Waals surface area (Å²) >= 11 is 5.87. The molecule has 3 rings (SSSR count). The number of amides is 2. The Hall–Kier alpha value is -3.11. The van der Waals surface area contributed by atoms with Crippen LogP contribution in [-0.4, -0.2) is 11.8 Å². The van der Waals surface area contributed by atoms with Gasteiger partial charge in [0.1, 0.15) is 0 Å². The predicted octanol–water partition coefficient (Wildman–Crippen LogP) is 4.36. The average Bonchev–Trinajstić information content (AvgIpc) is 2.64. The van der Waals surface area contributed by atoms with Gasteiger partial charge >= 0.3 is 0 Å². The Morgan fingerprint density at radius 1 is 0.840 bits per heavy atom. The molecule has 0 aliphatic rings. The van der Waals surface area contributed by atoms with Crippen molar-refractivity contribution >= 4 is 29.1 Å². The van der Waals surface area contributed by atoms with Gasteiger partial charge in [-0.15, -0.1) is 0 Å². The van der Waals surface area contributed by atoms with E-state index in [2.05, 4.69) is 5.32 Å². The second-order valence-electron chi connectivity index (χ2n) is 5.45. The molecule has 124 valence electrons. The molecule has 25 heavy (non-hydrogen) atoms. The van der Waals surface area contributed by atoms with E-state index in [1.807, 2.05) is 42.5 Å². The van der Waals surface area contributed by atoms with E-state index in [4.69, 9.17) is 17.3 Å².